The zero-order chi connectivity index (χ0) is 18.7. The van der Waals surface area contributed by atoms with Gasteiger partial charge in [0.15, 0.2) is 16.1 Å². The van der Waals surface area contributed by atoms with E-state index >= 15 is 0 Å². The number of aryl methyl sites for hydroxylation is 2. The molecule has 0 fully saturated rings. The third-order valence-electron chi connectivity index (χ3n) is 3.81. The number of hydrogen-bond donors (Lipinski definition) is 1. The van der Waals surface area contributed by atoms with Gasteiger partial charge in [-0.1, -0.05) is 35.5 Å². The molecule has 3 aromatic rings. The van der Waals surface area contributed by atoms with Crippen LogP contribution in [0.2, 0.25) is 0 Å². The number of rotatable bonds is 6. The molecule has 0 bridgehead atoms. The summed E-state index contributed by atoms with van der Waals surface area (Å²) >= 11 is 2.83. The molecule has 0 aliphatic rings. The van der Waals surface area contributed by atoms with E-state index in [2.05, 4.69) is 46.5 Å². The lowest BCUT2D eigenvalue weighted by molar-refractivity contribution is -0.115. The van der Waals surface area contributed by atoms with Crippen molar-refractivity contribution < 1.29 is 4.79 Å². The van der Waals surface area contributed by atoms with E-state index in [1.54, 1.807) is 0 Å². The van der Waals surface area contributed by atoms with E-state index in [0.29, 0.717) is 5.13 Å². The Balaban J connectivity index is 1.76. The van der Waals surface area contributed by atoms with E-state index in [-0.39, 0.29) is 11.2 Å². The van der Waals surface area contributed by atoms with Gasteiger partial charge in [0.2, 0.25) is 5.91 Å². The molecule has 3 rings (SSSR count). The Morgan fingerprint density at radius 1 is 1.35 bits per heavy atom. The maximum absolute atomic E-state index is 12.4. The number of aromatic nitrogens is 4. The molecule has 8 heteroatoms. The number of nitrogens with one attached hydrogen (secondary N) is 1. The summed E-state index contributed by atoms with van der Waals surface area (Å²) < 4.78 is 2.04. The number of thiazole rings is 1. The summed E-state index contributed by atoms with van der Waals surface area (Å²) in [5.74, 6) is 0.731. The van der Waals surface area contributed by atoms with Gasteiger partial charge in [0.1, 0.15) is 0 Å². The van der Waals surface area contributed by atoms with Gasteiger partial charge in [0, 0.05) is 17.5 Å². The SMILES string of the molecule is CCn1c(S[C@H](C)C(=O)Nc2nc(C)cs2)nnc1-c1cccc(C)c1. The van der Waals surface area contributed by atoms with Crippen molar-refractivity contribution in [2.24, 2.45) is 0 Å². The minimum Gasteiger partial charge on any atom is -0.302 e. The number of anilines is 1. The average molecular weight is 388 g/mol. The highest BCUT2D eigenvalue weighted by molar-refractivity contribution is 8.00. The van der Waals surface area contributed by atoms with E-state index in [9.17, 15) is 4.79 Å². The highest BCUT2D eigenvalue weighted by atomic mass is 32.2. The summed E-state index contributed by atoms with van der Waals surface area (Å²) in [7, 11) is 0. The summed E-state index contributed by atoms with van der Waals surface area (Å²) in [6.07, 6.45) is 0. The highest BCUT2D eigenvalue weighted by Crippen LogP contribution is 2.28. The molecule has 0 spiro atoms. The summed E-state index contributed by atoms with van der Waals surface area (Å²) in [5.41, 5.74) is 3.11. The van der Waals surface area contributed by atoms with E-state index in [0.717, 1.165) is 28.8 Å². The molecular formula is C18H21N5OS2. The molecule has 0 saturated heterocycles. The molecule has 136 valence electrons. The summed E-state index contributed by atoms with van der Waals surface area (Å²) in [4.78, 5) is 16.7. The number of carbonyl (C=O) groups excluding carboxylic acids is 1. The first-order valence-corrected chi connectivity index (χ1v) is 10.1. The largest absolute Gasteiger partial charge is 0.302 e. The maximum atomic E-state index is 12.4. The minimum absolute atomic E-state index is 0.0906. The van der Waals surface area contributed by atoms with Crippen LogP contribution < -0.4 is 5.32 Å². The second-order valence-electron chi connectivity index (χ2n) is 5.96. The van der Waals surface area contributed by atoms with Crippen LogP contribution in [-0.2, 0) is 11.3 Å². The Bertz CT molecular complexity index is 918. The fourth-order valence-electron chi connectivity index (χ4n) is 2.49. The molecule has 1 N–H and O–H groups in total. The van der Waals surface area contributed by atoms with Crippen molar-refractivity contribution in [3.05, 3.63) is 40.9 Å². The first-order chi connectivity index (χ1) is 12.5. The molecule has 6 nitrogen and oxygen atoms in total. The smallest absolute Gasteiger partial charge is 0.239 e. The second-order valence-corrected chi connectivity index (χ2v) is 8.13. The van der Waals surface area contributed by atoms with Gasteiger partial charge in [-0.05, 0) is 33.8 Å². The van der Waals surface area contributed by atoms with Crippen molar-refractivity contribution >= 4 is 34.1 Å². The zero-order valence-electron chi connectivity index (χ0n) is 15.2. The molecule has 1 atom stereocenters. The number of benzene rings is 1. The van der Waals surface area contributed by atoms with Crippen molar-refractivity contribution in [2.75, 3.05) is 5.32 Å². The lowest BCUT2D eigenvalue weighted by Crippen LogP contribution is -2.22. The van der Waals surface area contributed by atoms with Crippen LogP contribution in [-0.4, -0.2) is 30.9 Å². The molecule has 2 heterocycles. The number of nitrogens with zero attached hydrogens (tertiary/aromatic N) is 4. The van der Waals surface area contributed by atoms with Gasteiger partial charge < -0.3 is 9.88 Å². The van der Waals surface area contributed by atoms with Crippen LogP contribution in [0.4, 0.5) is 5.13 Å². The molecule has 0 saturated carbocycles. The second kappa shape index (κ2) is 8.01. The predicted octanol–water partition coefficient (Wildman–Crippen LogP) is 4.16. The van der Waals surface area contributed by atoms with Crippen LogP contribution in [0.15, 0.2) is 34.8 Å². The normalized spacial score (nSPS) is 12.2. The Hall–Kier alpha value is -2.19. The molecule has 26 heavy (non-hydrogen) atoms. The van der Waals surface area contributed by atoms with E-state index in [1.807, 2.05) is 35.9 Å². The predicted molar refractivity (Wildman–Crippen MR) is 107 cm³/mol. The highest BCUT2D eigenvalue weighted by Gasteiger charge is 2.21. The number of hydrogen-bond acceptors (Lipinski definition) is 6. The Morgan fingerprint density at radius 2 is 2.15 bits per heavy atom. The maximum Gasteiger partial charge on any atom is 0.239 e. The molecule has 2 aromatic heterocycles. The minimum atomic E-state index is -0.306. The topological polar surface area (TPSA) is 72.7 Å². The van der Waals surface area contributed by atoms with Crippen LogP contribution in [0.25, 0.3) is 11.4 Å². The lowest BCUT2D eigenvalue weighted by atomic mass is 10.1. The summed E-state index contributed by atoms with van der Waals surface area (Å²) in [5, 5.41) is 14.5. The molecule has 0 unspecified atom stereocenters. The van der Waals surface area contributed by atoms with Gasteiger partial charge in [-0.3, -0.25) is 4.79 Å². The van der Waals surface area contributed by atoms with Gasteiger partial charge in [-0.2, -0.15) is 0 Å². The third kappa shape index (κ3) is 4.13. The van der Waals surface area contributed by atoms with Gasteiger partial charge in [0.05, 0.1) is 10.9 Å². The molecule has 0 aliphatic heterocycles. The fraction of sp³-hybridized carbons (Fsp3) is 0.333. The van der Waals surface area contributed by atoms with E-state index in [1.165, 1.54) is 28.7 Å². The zero-order valence-corrected chi connectivity index (χ0v) is 16.8. The summed E-state index contributed by atoms with van der Waals surface area (Å²) in [6, 6.07) is 8.18. The van der Waals surface area contributed by atoms with Crippen molar-refractivity contribution in [3.8, 4) is 11.4 Å². The quantitative estimate of drug-likeness (QED) is 0.643. The van der Waals surface area contributed by atoms with Gasteiger partial charge in [-0.25, -0.2) is 4.98 Å². The molecule has 0 aliphatic carbocycles. The standard InChI is InChI=1S/C18H21N5OS2/c1-5-23-15(14-8-6-7-11(2)9-14)21-22-18(23)26-13(4)16(24)20-17-19-12(3)10-25-17/h6-10,13H,5H2,1-4H3,(H,19,20,24)/t13-/m1/s1. The lowest BCUT2D eigenvalue weighted by Gasteiger charge is -2.12. The fourth-order valence-corrected chi connectivity index (χ4v) is 4.09. The van der Waals surface area contributed by atoms with E-state index < -0.39 is 0 Å². The van der Waals surface area contributed by atoms with Gasteiger partial charge in [0.25, 0.3) is 0 Å². The first-order valence-electron chi connectivity index (χ1n) is 8.37. The van der Waals surface area contributed by atoms with Crippen LogP contribution in [0, 0.1) is 13.8 Å². The first kappa shape index (κ1) is 18.6. The van der Waals surface area contributed by atoms with E-state index in [4.69, 9.17) is 0 Å². The van der Waals surface area contributed by atoms with Crippen LogP contribution in [0.3, 0.4) is 0 Å². The Kier molecular flexibility index (Phi) is 5.73. The monoisotopic (exact) mass is 387 g/mol. The van der Waals surface area contributed by atoms with Crippen molar-refractivity contribution in [3.63, 3.8) is 0 Å². The van der Waals surface area contributed by atoms with Crippen molar-refractivity contribution in [1.82, 2.24) is 19.7 Å². The van der Waals surface area contributed by atoms with Crippen LogP contribution in [0.1, 0.15) is 25.1 Å². The molecular weight excluding hydrogens is 366 g/mol. The number of amides is 1. The number of thioether (sulfide) groups is 1. The van der Waals surface area contributed by atoms with Crippen molar-refractivity contribution in [1.29, 1.82) is 0 Å². The van der Waals surface area contributed by atoms with Gasteiger partial charge in [-0.15, -0.1) is 21.5 Å². The van der Waals surface area contributed by atoms with Crippen LogP contribution >= 0.6 is 23.1 Å². The molecule has 1 amide bonds. The Morgan fingerprint density at radius 3 is 2.81 bits per heavy atom. The Labute approximate surface area is 161 Å². The number of carbonyl (C=O) groups is 1. The molecule has 0 radical (unpaired) electrons. The average Bonchev–Trinajstić information content (AvgIpc) is 3.20. The van der Waals surface area contributed by atoms with Gasteiger partial charge >= 0.3 is 0 Å². The third-order valence-corrected chi connectivity index (χ3v) is 5.77. The summed E-state index contributed by atoms with van der Waals surface area (Å²) in [6.45, 7) is 8.61. The van der Waals surface area contributed by atoms with Crippen LogP contribution in [0.5, 0.6) is 0 Å². The van der Waals surface area contributed by atoms with Crippen molar-refractivity contribution in [2.45, 2.75) is 44.6 Å². The molecule has 1 aromatic carbocycles.